The van der Waals surface area contributed by atoms with Crippen molar-refractivity contribution in [2.24, 2.45) is 0 Å². The Balaban J connectivity index is 3.00. The Morgan fingerprint density at radius 2 is 2.27 bits per heavy atom. The van der Waals surface area contributed by atoms with Crippen molar-refractivity contribution < 1.29 is 18.8 Å². The highest BCUT2D eigenvalue weighted by Gasteiger charge is 2.13. The molecule has 0 spiro atoms. The summed E-state index contributed by atoms with van der Waals surface area (Å²) in [5, 5.41) is 10.4. The summed E-state index contributed by atoms with van der Waals surface area (Å²) in [5.74, 6) is -1.87. The van der Waals surface area contributed by atoms with Gasteiger partial charge in [0.1, 0.15) is 0 Å². The summed E-state index contributed by atoms with van der Waals surface area (Å²) in [5.41, 5.74) is -0.324. The van der Waals surface area contributed by atoms with Crippen molar-refractivity contribution in [1.29, 1.82) is 0 Å². The van der Waals surface area contributed by atoms with Crippen molar-refractivity contribution >= 4 is 11.7 Å². The lowest BCUT2D eigenvalue weighted by atomic mass is 10.3. The van der Waals surface area contributed by atoms with E-state index < -0.39 is 22.5 Å². The van der Waals surface area contributed by atoms with E-state index in [0.717, 1.165) is 18.2 Å². The normalized spacial score (nSPS) is 9.73. The molecule has 6 heteroatoms. The molecule has 0 saturated carbocycles. The number of ether oxygens (including phenoxy) is 1. The average molecular weight is 213 g/mol. The lowest BCUT2D eigenvalue weighted by Crippen LogP contribution is -2.07. The highest BCUT2D eigenvalue weighted by molar-refractivity contribution is 5.72. The summed E-state index contributed by atoms with van der Waals surface area (Å²) < 4.78 is 17.6. The minimum Gasteiger partial charge on any atom is -0.423 e. The predicted octanol–water partition coefficient (Wildman–Crippen LogP) is 2.05. The SMILES string of the molecule is CCC(=O)Oc1cc([N+](=O)[O-])ccc1F. The van der Waals surface area contributed by atoms with E-state index in [2.05, 4.69) is 4.74 Å². The number of non-ortho nitro benzene ring substituents is 1. The summed E-state index contributed by atoms with van der Waals surface area (Å²) in [7, 11) is 0. The van der Waals surface area contributed by atoms with E-state index in [9.17, 15) is 19.3 Å². The average Bonchev–Trinajstić information content (AvgIpc) is 2.20. The van der Waals surface area contributed by atoms with Crippen molar-refractivity contribution in [3.63, 3.8) is 0 Å². The molecule has 5 nitrogen and oxygen atoms in total. The number of carbonyl (C=O) groups is 1. The third kappa shape index (κ3) is 2.73. The number of nitro benzene ring substituents is 1. The Morgan fingerprint density at radius 1 is 1.60 bits per heavy atom. The Hall–Kier alpha value is -1.98. The van der Waals surface area contributed by atoms with Gasteiger partial charge in [-0.2, -0.15) is 0 Å². The van der Waals surface area contributed by atoms with E-state index >= 15 is 0 Å². The number of rotatable bonds is 3. The molecule has 0 aromatic heterocycles. The number of hydrogen-bond acceptors (Lipinski definition) is 4. The Labute approximate surface area is 84.6 Å². The zero-order chi connectivity index (χ0) is 11.4. The molecule has 1 aromatic carbocycles. The number of nitrogens with zero attached hydrogens (tertiary/aromatic N) is 1. The Kier molecular flexibility index (Phi) is 3.33. The minimum atomic E-state index is -0.803. The van der Waals surface area contributed by atoms with Crippen LogP contribution in [-0.4, -0.2) is 10.9 Å². The number of halogens is 1. The lowest BCUT2D eigenvalue weighted by Gasteiger charge is -2.03. The summed E-state index contributed by atoms with van der Waals surface area (Å²) in [6.07, 6.45) is 0.0716. The number of benzene rings is 1. The molecule has 80 valence electrons. The zero-order valence-electron chi connectivity index (χ0n) is 7.90. The van der Waals surface area contributed by atoms with E-state index in [0.29, 0.717) is 0 Å². The maximum absolute atomic E-state index is 13.0. The highest BCUT2D eigenvalue weighted by atomic mass is 19.1. The smallest absolute Gasteiger partial charge is 0.311 e. The van der Waals surface area contributed by atoms with Crippen LogP contribution < -0.4 is 4.74 Å². The van der Waals surface area contributed by atoms with Crippen LogP contribution in [0.4, 0.5) is 10.1 Å². The molecule has 0 N–H and O–H groups in total. The van der Waals surface area contributed by atoms with E-state index in [1.807, 2.05) is 0 Å². The lowest BCUT2D eigenvalue weighted by molar-refractivity contribution is -0.385. The first-order valence-corrected chi connectivity index (χ1v) is 4.19. The molecule has 0 unspecified atom stereocenters. The molecule has 0 heterocycles. The van der Waals surface area contributed by atoms with Gasteiger partial charge in [0.2, 0.25) is 0 Å². The van der Waals surface area contributed by atoms with Gasteiger partial charge in [0, 0.05) is 12.5 Å². The fourth-order valence-electron chi connectivity index (χ4n) is 0.879. The van der Waals surface area contributed by atoms with Crippen LogP contribution >= 0.6 is 0 Å². The maximum atomic E-state index is 13.0. The summed E-state index contributed by atoms with van der Waals surface area (Å²) in [6.45, 7) is 1.54. The molecular weight excluding hydrogens is 205 g/mol. The van der Waals surface area contributed by atoms with Gasteiger partial charge in [-0.1, -0.05) is 6.92 Å². The number of hydrogen-bond donors (Lipinski definition) is 0. The van der Waals surface area contributed by atoms with E-state index in [4.69, 9.17) is 0 Å². The van der Waals surface area contributed by atoms with Gasteiger partial charge in [0.25, 0.3) is 5.69 Å². The second kappa shape index (κ2) is 4.50. The monoisotopic (exact) mass is 213 g/mol. The van der Waals surface area contributed by atoms with Crippen LogP contribution in [0.5, 0.6) is 5.75 Å². The Morgan fingerprint density at radius 3 is 2.80 bits per heavy atom. The molecule has 0 radical (unpaired) electrons. The van der Waals surface area contributed by atoms with Crippen LogP contribution in [0.1, 0.15) is 13.3 Å². The van der Waals surface area contributed by atoms with Gasteiger partial charge in [-0.15, -0.1) is 0 Å². The predicted molar refractivity (Wildman–Crippen MR) is 49.0 cm³/mol. The zero-order valence-corrected chi connectivity index (χ0v) is 7.90. The molecule has 15 heavy (non-hydrogen) atoms. The summed E-state index contributed by atoms with van der Waals surface area (Å²) >= 11 is 0. The second-order valence-corrected chi connectivity index (χ2v) is 2.70. The largest absolute Gasteiger partial charge is 0.423 e. The van der Waals surface area contributed by atoms with Gasteiger partial charge in [0.15, 0.2) is 11.6 Å². The van der Waals surface area contributed by atoms with Crippen LogP contribution in [0.15, 0.2) is 18.2 Å². The van der Waals surface area contributed by atoms with E-state index in [1.54, 1.807) is 0 Å². The second-order valence-electron chi connectivity index (χ2n) is 2.70. The maximum Gasteiger partial charge on any atom is 0.311 e. The van der Waals surface area contributed by atoms with Gasteiger partial charge in [-0.25, -0.2) is 4.39 Å². The fraction of sp³-hybridized carbons (Fsp3) is 0.222. The molecule has 1 aromatic rings. The van der Waals surface area contributed by atoms with Crippen molar-refractivity contribution in [2.75, 3.05) is 0 Å². The third-order valence-electron chi connectivity index (χ3n) is 1.64. The minimum absolute atomic E-state index is 0.0716. The van der Waals surface area contributed by atoms with E-state index in [-0.39, 0.29) is 12.1 Å². The fourth-order valence-corrected chi connectivity index (χ4v) is 0.879. The first kappa shape index (κ1) is 11.1. The molecule has 0 aliphatic rings. The molecule has 0 fully saturated rings. The number of carbonyl (C=O) groups excluding carboxylic acids is 1. The molecule has 0 amide bonds. The third-order valence-corrected chi connectivity index (χ3v) is 1.64. The quantitative estimate of drug-likeness (QED) is 0.333. The molecule has 1 rings (SSSR count). The van der Waals surface area contributed by atoms with Crippen LogP contribution in [0.2, 0.25) is 0 Å². The van der Waals surface area contributed by atoms with Crippen LogP contribution in [0.3, 0.4) is 0 Å². The molecule has 0 atom stereocenters. The standard InChI is InChI=1S/C9H8FNO4/c1-2-9(12)15-8-5-6(11(13)14)3-4-7(8)10/h3-5H,2H2,1H3. The Bertz CT molecular complexity index is 405. The van der Waals surface area contributed by atoms with Crippen LogP contribution in [0, 0.1) is 15.9 Å². The van der Waals surface area contributed by atoms with Gasteiger partial charge >= 0.3 is 5.97 Å². The first-order chi connectivity index (χ1) is 7.04. The number of nitro groups is 1. The van der Waals surface area contributed by atoms with Gasteiger partial charge in [-0.3, -0.25) is 14.9 Å². The van der Waals surface area contributed by atoms with Crippen molar-refractivity contribution in [2.45, 2.75) is 13.3 Å². The van der Waals surface area contributed by atoms with Gasteiger partial charge < -0.3 is 4.74 Å². The molecule has 0 aliphatic carbocycles. The van der Waals surface area contributed by atoms with Gasteiger partial charge in [-0.05, 0) is 6.07 Å². The van der Waals surface area contributed by atoms with Crippen molar-refractivity contribution in [3.05, 3.63) is 34.1 Å². The van der Waals surface area contributed by atoms with E-state index in [1.165, 1.54) is 6.92 Å². The molecular formula is C9H8FNO4. The van der Waals surface area contributed by atoms with Gasteiger partial charge in [0.05, 0.1) is 11.0 Å². The molecule has 0 aliphatic heterocycles. The van der Waals surface area contributed by atoms with Crippen molar-refractivity contribution in [1.82, 2.24) is 0 Å². The number of esters is 1. The summed E-state index contributed by atoms with van der Waals surface area (Å²) in [4.78, 5) is 20.5. The topological polar surface area (TPSA) is 69.4 Å². The first-order valence-electron chi connectivity index (χ1n) is 4.19. The van der Waals surface area contributed by atoms with Crippen LogP contribution in [0.25, 0.3) is 0 Å². The summed E-state index contributed by atoms with van der Waals surface area (Å²) in [6, 6.07) is 2.76. The van der Waals surface area contributed by atoms with Crippen LogP contribution in [-0.2, 0) is 4.79 Å². The highest BCUT2D eigenvalue weighted by Crippen LogP contribution is 2.23. The van der Waals surface area contributed by atoms with Crippen molar-refractivity contribution in [3.8, 4) is 5.75 Å². The molecule has 0 bridgehead atoms. The molecule has 0 saturated heterocycles.